The Kier molecular flexibility index (Phi) is 5.20. The maximum absolute atomic E-state index is 12.9. The van der Waals surface area contributed by atoms with E-state index in [1.54, 1.807) is 37.3 Å². The first-order valence-electron chi connectivity index (χ1n) is 8.75. The van der Waals surface area contributed by atoms with Crippen molar-refractivity contribution in [1.82, 2.24) is 10.2 Å². The predicted molar refractivity (Wildman–Crippen MR) is 107 cm³/mol. The van der Waals surface area contributed by atoms with E-state index in [4.69, 9.17) is 0 Å². The van der Waals surface area contributed by atoms with E-state index < -0.39 is 17.5 Å². The molecule has 0 bridgehead atoms. The number of hydrogen-bond acceptors (Lipinski definition) is 3. The second kappa shape index (κ2) is 7.27. The lowest BCUT2D eigenvalue weighted by Crippen LogP contribution is -2.41. The Morgan fingerprint density at radius 1 is 1.15 bits per heavy atom. The van der Waals surface area contributed by atoms with E-state index in [1.807, 2.05) is 18.2 Å². The van der Waals surface area contributed by atoms with Gasteiger partial charge in [0, 0.05) is 10.0 Å². The predicted octanol–water partition coefficient (Wildman–Crippen LogP) is 4.22. The molecule has 1 unspecified atom stereocenters. The van der Waals surface area contributed by atoms with Gasteiger partial charge in [0.25, 0.3) is 5.91 Å². The fourth-order valence-electron chi connectivity index (χ4n) is 3.12. The number of nitrogens with zero attached hydrogens (tertiary/aromatic N) is 1. The average Bonchev–Trinajstić information content (AvgIpc) is 2.86. The highest BCUT2D eigenvalue weighted by atomic mass is 79.9. The van der Waals surface area contributed by atoms with Crippen LogP contribution in [0.4, 0.5) is 4.79 Å². The van der Waals surface area contributed by atoms with Crippen LogP contribution in [0.1, 0.15) is 48.2 Å². The Morgan fingerprint density at radius 2 is 1.81 bits per heavy atom. The van der Waals surface area contributed by atoms with E-state index in [1.165, 1.54) is 0 Å². The topological polar surface area (TPSA) is 66.5 Å². The molecule has 1 fully saturated rings. The Bertz CT molecular complexity index is 908. The van der Waals surface area contributed by atoms with Crippen molar-refractivity contribution in [2.45, 2.75) is 32.2 Å². The first-order valence-corrected chi connectivity index (χ1v) is 9.55. The minimum Gasteiger partial charge on any atom is -0.319 e. The summed E-state index contributed by atoms with van der Waals surface area (Å²) in [6.07, 6.45) is 0. The van der Waals surface area contributed by atoms with Crippen LogP contribution in [0.25, 0.3) is 0 Å². The summed E-state index contributed by atoms with van der Waals surface area (Å²) in [5.74, 6) is -0.337. The van der Waals surface area contributed by atoms with E-state index in [0.29, 0.717) is 17.0 Å². The molecule has 1 saturated heterocycles. The Labute approximate surface area is 166 Å². The zero-order valence-electron chi connectivity index (χ0n) is 15.5. The van der Waals surface area contributed by atoms with Crippen molar-refractivity contribution in [3.63, 3.8) is 0 Å². The number of rotatable bonds is 5. The summed E-state index contributed by atoms with van der Waals surface area (Å²) in [4.78, 5) is 38.9. The lowest BCUT2D eigenvalue weighted by atomic mass is 9.92. The van der Waals surface area contributed by atoms with E-state index in [-0.39, 0.29) is 12.3 Å². The second-order valence-electron chi connectivity index (χ2n) is 7.16. The van der Waals surface area contributed by atoms with Crippen molar-refractivity contribution >= 4 is 33.7 Å². The van der Waals surface area contributed by atoms with Gasteiger partial charge in [-0.05, 0) is 36.1 Å². The summed E-state index contributed by atoms with van der Waals surface area (Å²) in [6, 6.07) is 13.9. The van der Waals surface area contributed by atoms with Crippen LogP contribution in [0.2, 0.25) is 0 Å². The molecule has 1 heterocycles. The first-order chi connectivity index (χ1) is 12.7. The number of amides is 3. The number of carbonyl (C=O) groups excluding carboxylic acids is 3. The van der Waals surface area contributed by atoms with E-state index in [0.717, 1.165) is 14.9 Å². The lowest BCUT2D eigenvalue weighted by molar-refractivity contribution is -0.130. The number of ketones is 1. The molecule has 6 heteroatoms. The average molecular weight is 429 g/mol. The Morgan fingerprint density at radius 3 is 2.41 bits per heavy atom. The standard InChI is InChI=1S/C21H21BrN2O3/c1-13(2)14-7-9-15(10-8-14)18(25)12-24-19(26)21(3,23-20(24)27)16-5-4-6-17(22)11-16/h4-11,13H,12H2,1-3H3,(H,23,27). The number of Topliss-reactive ketones (excluding diaryl/α,β-unsaturated/α-hetero) is 1. The summed E-state index contributed by atoms with van der Waals surface area (Å²) in [7, 11) is 0. The summed E-state index contributed by atoms with van der Waals surface area (Å²) >= 11 is 3.38. The summed E-state index contributed by atoms with van der Waals surface area (Å²) in [5, 5.41) is 2.72. The van der Waals surface area contributed by atoms with Crippen molar-refractivity contribution in [3.8, 4) is 0 Å². The van der Waals surface area contributed by atoms with Crippen LogP contribution in [0, 0.1) is 0 Å². The van der Waals surface area contributed by atoms with Gasteiger partial charge in [-0.25, -0.2) is 4.79 Å². The number of carbonyl (C=O) groups is 3. The van der Waals surface area contributed by atoms with Gasteiger partial charge in [-0.2, -0.15) is 0 Å². The Hall–Kier alpha value is -2.47. The van der Waals surface area contributed by atoms with Gasteiger partial charge < -0.3 is 5.32 Å². The normalized spacial score (nSPS) is 19.5. The van der Waals surface area contributed by atoms with E-state index in [2.05, 4.69) is 35.1 Å². The largest absolute Gasteiger partial charge is 0.325 e. The van der Waals surface area contributed by atoms with Crippen LogP contribution in [0.15, 0.2) is 53.0 Å². The summed E-state index contributed by atoms with van der Waals surface area (Å²) in [6.45, 7) is 5.52. The van der Waals surface area contributed by atoms with Crippen molar-refractivity contribution in [2.24, 2.45) is 0 Å². The fraction of sp³-hybridized carbons (Fsp3) is 0.286. The Balaban J connectivity index is 1.80. The van der Waals surface area contributed by atoms with Gasteiger partial charge in [0.2, 0.25) is 0 Å². The van der Waals surface area contributed by atoms with Crippen LogP contribution in [-0.2, 0) is 10.3 Å². The minimum atomic E-state index is -1.19. The fourth-order valence-corrected chi connectivity index (χ4v) is 3.52. The van der Waals surface area contributed by atoms with Gasteiger partial charge in [-0.1, -0.05) is 66.2 Å². The molecule has 1 aliphatic rings. The van der Waals surface area contributed by atoms with Crippen molar-refractivity contribution < 1.29 is 14.4 Å². The maximum Gasteiger partial charge on any atom is 0.325 e. The molecule has 3 amide bonds. The highest BCUT2D eigenvalue weighted by molar-refractivity contribution is 9.10. The molecule has 1 atom stereocenters. The molecule has 0 radical (unpaired) electrons. The van der Waals surface area contributed by atoms with Crippen LogP contribution in [-0.4, -0.2) is 29.2 Å². The smallest absolute Gasteiger partial charge is 0.319 e. The third-order valence-electron chi connectivity index (χ3n) is 4.88. The molecule has 0 aliphatic carbocycles. The SMILES string of the molecule is CC(C)c1ccc(C(=O)CN2C(=O)NC(C)(c3cccc(Br)c3)C2=O)cc1. The van der Waals surface area contributed by atoms with Crippen LogP contribution in [0.3, 0.4) is 0 Å². The molecule has 5 nitrogen and oxygen atoms in total. The molecule has 0 saturated carbocycles. The van der Waals surface area contributed by atoms with Crippen molar-refractivity contribution in [2.75, 3.05) is 6.54 Å². The van der Waals surface area contributed by atoms with E-state index >= 15 is 0 Å². The van der Waals surface area contributed by atoms with E-state index in [9.17, 15) is 14.4 Å². The molecule has 2 aromatic rings. The quantitative estimate of drug-likeness (QED) is 0.572. The van der Waals surface area contributed by atoms with Gasteiger partial charge in [0.15, 0.2) is 5.78 Å². The van der Waals surface area contributed by atoms with Crippen LogP contribution >= 0.6 is 15.9 Å². The molecule has 0 aromatic heterocycles. The number of benzene rings is 2. The summed E-state index contributed by atoms with van der Waals surface area (Å²) in [5.41, 5.74) is 1.08. The molecule has 2 aromatic carbocycles. The van der Waals surface area contributed by atoms with Gasteiger partial charge >= 0.3 is 6.03 Å². The highest BCUT2D eigenvalue weighted by Crippen LogP contribution is 2.30. The van der Waals surface area contributed by atoms with Gasteiger partial charge in [0.1, 0.15) is 5.54 Å². The molecule has 140 valence electrons. The van der Waals surface area contributed by atoms with Gasteiger partial charge in [-0.3, -0.25) is 14.5 Å². The number of halogens is 1. The highest BCUT2D eigenvalue weighted by Gasteiger charge is 2.49. The maximum atomic E-state index is 12.9. The molecule has 1 aliphatic heterocycles. The first kappa shape index (κ1) is 19.3. The van der Waals surface area contributed by atoms with Crippen molar-refractivity contribution in [1.29, 1.82) is 0 Å². The van der Waals surface area contributed by atoms with Gasteiger partial charge in [0.05, 0.1) is 6.54 Å². The molecule has 1 N–H and O–H groups in total. The zero-order valence-corrected chi connectivity index (χ0v) is 17.0. The number of urea groups is 1. The molecule has 3 rings (SSSR count). The monoisotopic (exact) mass is 428 g/mol. The van der Waals surface area contributed by atoms with Crippen molar-refractivity contribution in [3.05, 3.63) is 69.7 Å². The second-order valence-corrected chi connectivity index (χ2v) is 8.07. The molecular formula is C21H21BrN2O3. The van der Waals surface area contributed by atoms with Crippen LogP contribution < -0.4 is 5.32 Å². The zero-order chi connectivity index (χ0) is 19.8. The molecular weight excluding hydrogens is 408 g/mol. The summed E-state index contributed by atoms with van der Waals surface area (Å²) < 4.78 is 0.808. The van der Waals surface area contributed by atoms with Crippen LogP contribution in [0.5, 0.6) is 0 Å². The lowest BCUT2D eigenvalue weighted by Gasteiger charge is -2.22. The number of imide groups is 1. The van der Waals surface area contributed by atoms with Gasteiger partial charge in [-0.15, -0.1) is 0 Å². The number of hydrogen-bond donors (Lipinski definition) is 1. The molecule has 0 spiro atoms. The third-order valence-corrected chi connectivity index (χ3v) is 5.37. The minimum absolute atomic E-state index is 0.271. The molecule has 27 heavy (non-hydrogen) atoms. The third kappa shape index (κ3) is 3.67. The number of nitrogens with one attached hydrogen (secondary N) is 1.